The number of anilines is 1. The van der Waals surface area contributed by atoms with Gasteiger partial charge in [0.25, 0.3) is 5.91 Å². The van der Waals surface area contributed by atoms with Crippen LogP contribution >= 0.6 is 0 Å². The quantitative estimate of drug-likeness (QED) is 0.701. The molecule has 0 saturated carbocycles. The number of aryl methyl sites for hydroxylation is 1. The van der Waals surface area contributed by atoms with E-state index in [0.717, 1.165) is 9.87 Å². The summed E-state index contributed by atoms with van der Waals surface area (Å²) in [6.45, 7) is 3.21. The molecule has 0 spiro atoms. The molecule has 9 nitrogen and oxygen atoms in total. The third kappa shape index (κ3) is 3.98. The molecule has 0 unspecified atom stereocenters. The van der Waals surface area contributed by atoms with Gasteiger partial charge in [0, 0.05) is 57.4 Å². The summed E-state index contributed by atoms with van der Waals surface area (Å²) in [7, 11) is -0.581. The third-order valence-electron chi connectivity index (χ3n) is 5.28. The largest absolute Gasteiger partial charge is 0.391 e. The number of sulfonamides is 1. The first kappa shape index (κ1) is 20.6. The van der Waals surface area contributed by atoms with Crippen LogP contribution in [-0.4, -0.2) is 86.8 Å². The Bertz CT molecular complexity index is 886. The van der Waals surface area contributed by atoms with E-state index in [-0.39, 0.29) is 30.8 Å². The molecular formula is C18H26N4O5S. The molecular weight excluding hydrogens is 384 g/mol. The van der Waals surface area contributed by atoms with Crippen LogP contribution in [0.2, 0.25) is 0 Å². The number of likely N-dealkylation sites (tertiary alicyclic amines) is 1. The van der Waals surface area contributed by atoms with E-state index in [1.54, 1.807) is 23.1 Å². The zero-order valence-corrected chi connectivity index (χ0v) is 17.1. The van der Waals surface area contributed by atoms with Crippen molar-refractivity contribution in [2.45, 2.75) is 13.0 Å². The van der Waals surface area contributed by atoms with E-state index in [9.17, 15) is 23.1 Å². The number of hydrogen-bond acceptors (Lipinski definition) is 5. The Morgan fingerprint density at radius 1 is 1.32 bits per heavy atom. The first-order chi connectivity index (χ1) is 13.1. The maximum atomic E-state index is 12.9. The molecule has 2 fully saturated rings. The smallest absolute Gasteiger partial charge is 0.322 e. The highest BCUT2D eigenvalue weighted by Crippen LogP contribution is 2.26. The summed E-state index contributed by atoms with van der Waals surface area (Å²) in [5, 5.41) is 13.0. The molecule has 0 radical (unpaired) electrons. The van der Waals surface area contributed by atoms with E-state index in [4.69, 9.17) is 0 Å². The summed E-state index contributed by atoms with van der Waals surface area (Å²) in [5.41, 5.74) is 1.96. The second kappa shape index (κ2) is 7.69. The van der Waals surface area contributed by atoms with E-state index in [0.29, 0.717) is 24.3 Å². The number of nitrogens with one attached hydrogen (secondary N) is 1. The van der Waals surface area contributed by atoms with Gasteiger partial charge in [0.1, 0.15) is 0 Å². The normalized spacial score (nSPS) is 22.8. The van der Waals surface area contributed by atoms with Crippen LogP contribution in [0.1, 0.15) is 15.9 Å². The van der Waals surface area contributed by atoms with Gasteiger partial charge in [-0.15, -0.1) is 0 Å². The number of benzene rings is 1. The zero-order valence-electron chi connectivity index (χ0n) is 16.3. The van der Waals surface area contributed by atoms with E-state index >= 15 is 0 Å². The zero-order chi connectivity index (χ0) is 20.6. The van der Waals surface area contributed by atoms with Crippen LogP contribution in [0.4, 0.5) is 10.5 Å². The number of amides is 3. The second-order valence-corrected chi connectivity index (χ2v) is 9.71. The van der Waals surface area contributed by atoms with Gasteiger partial charge in [-0.2, -0.15) is 0 Å². The van der Waals surface area contributed by atoms with Gasteiger partial charge in [0.15, 0.2) is 0 Å². The standard InChI is InChI=1S/C18H26N4O5S/c1-12-4-5-13(8-15(12)22-7-6-19-18(22)25)17(24)21-9-14(16(23)10-21)11-28(26,27)20(2)3/h4-5,8,14,16,23H,6-7,9-11H2,1-3H3,(H,19,25)/t14-,16+/m0/s1. The Balaban J connectivity index is 1.77. The van der Waals surface area contributed by atoms with Gasteiger partial charge in [-0.05, 0) is 24.6 Å². The summed E-state index contributed by atoms with van der Waals surface area (Å²) in [6.07, 6.45) is -0.895. The number of nitrogens with zero attached hydrogens (tertiary/aromatic N) is 3. The minimum absolute atomic E-state index is 0.0832. The number of urea groups is 1. The van der Waals surface area contributed by atoms with Crippen molar-refractivity contribution in [3.05, 3.63) is 29.3 Å². The molecule has 3 amide bonds. The minimum atomic E-state index is -3.47. The summed E-state index contributed by atoms with van der Waals surface area (Å²) >= 11 is 0. The number of β-amino-alcohol motifs (C(OH)–C–C–N with tert-alkyl or cyclic N) is 1. The second-order valence-electron chi connectivity index (χ2n) is 7.48. The average molecular weight is 410 g/mol. The number of rotatable bonds is 5. The van der Waals surface area contributed by atoms with Crippen molar-refractivity contribution in [3.63, 3.8) is 0 Å². The van der Waals surface area contributed by atoms with Gasteiger partial charge in [0.2, 0.25) is 10.0 Å². The van der Waals surface area contributed by atoms with E-state index in [1.807, 2.05) is 6.92 Å². The molecule has 2 aliphatic heterocycles. The van der Waals surface area contributed by atoms with E-state index in [1.165, 1.54) is 19.0 Å². The molecule has 10 heteroatoms. The first-order valence-corrected chi connectivity index (χ1v) is 10.7. The van der Waals surface area contributed by atoms with Crippen LogP contribution in [-0.2, 0) is 10.0 Å². The Kier molecular flexibility index (Phi) is 5.64. The van der Waals surface area contributed by atoms with Crippen molar-refractivity contribution in [3.8, 4) is 0 Å². The summed E-state index contributed by atoms with van der Waals surface area (Å²) in [6, 6.07) is 4.96. The molecule has 3 rings (SSSR count). The van der Waals surface area contributed by atoms with Crippen LogP contribution in [0.3, 0.4) is 0 Å². The molecule has 2 atom stereocenters. The van der Waals surface area contributed by atoms with Crippen molar-refractivity contribution in [1.29, 1.82) is 0 Å². The van der Waals surface area contributed by atoms with Gasteiger partial charge in [-0.3, -0.25) is 9.69 Å². The number of hydrogen-bond donors (Lipinski definition) is 2. The SMILES string of the molecule is Cc1ccc(C(=O)N2C[C@@H](CS(=O)(=O)N(C)C)[C@H](O)C2)cc1N1CCNC1=O. The number of carbonyl (C=O) groups excluding carboxylic acids is 2. The summed E-state index contributed by atoms with van der Waals surface area (Å²) in [4.78, 5) is 28.0. The van der Waals surface area contributed by atoms with E-state index in [2.05, 4.69) is 5.32 Å². The molecule has 1 aromatic carbocycles. The molecule has 0 aromatic heterocycles. The van der Waals surface area contributed by atoms with Crippen LogP contribution < -0.4 is 10.2 Å². The van der Waals surface area contributed by atoms with Crippen molar-refractivity contribution in [2.75, 3.05) is 50.9 Å². The highest BCUT2D eigenvalue weighted by molar-refractivity contribution is 7.89. The molecule has 0 aliphatic carbocycles. The fourth-order valence-corrected chi connectivity index (χ4v) is 4.69. The molecule has 2 aliphatic rings. The highest BCUT2D eigenvalue weighted by atomic mass is 32.2. The molecule has 2 heterocycles. The maximum Gasteiger partial charge on any atom is 0.322 e. The molecule has 2 N–H and O–H groups in total. The fraction of sp³-hybridized carbons (Fsp3) is 0.556. The Labute approximate surface area is 165 Å². The van der Waals surface area contributed by atoms with Crippen molar-refractivity contribution < 1.29 is 23.1 Å². The van der Waals surface area contributed by atoms with Gasteiger partial charge in [-0.25, -0.2) is 17.5 Å². The van der Waals surface area contributed by atoms with Crippen LogP contribution in [0.25, 0.3) is 0 Å². The lowest BCUT2D eigenvalue weighted by Gasteiger charge is -2.20. The van der Waals surface area contributed by atoms with Crippen LogP contribution in [0.5, 0.6) is 0 Å². The predicted octanol–water partition coefficient (Wildman–Crippen LogP) is -0.151. The molecule has 1 aromatic rings. The Morgan fingerprint density at radius 2 is 2.04 bits per heavy atom. The first-order valence-electron chi connectivity index (χ1n) is 9.13. The number of carbonyl (C=O) groups is 2. The van der Waals surface area contributed by atoms with E-state index < -0.39 is 22.0 Å². The van der Waals surface area contributed by atoms with Gasteiger partial charge < -0.3 is 15.3 Å². The van der Waals surface area contributed by atoms with Crippen molar-refractivity contribution in [2.24, 2.45) is 5.92 Å². The summed E-state index contributed by atoms with van der Waals surface area (Å²) < 4.78 is 25.3. The lowest BCUT2D eigenvalue weighted by molar-refractivity contribution is 0.0764. The van der Waals surface area contributed by atoms with Crippen molar-refractivity contribution in [1.82, 2.24) is 14.5 Å². The molecule has 28 heavy (non-hydrogen) atoms. The lowest BCUT2D eigenvalue weighted by atomic mass is 10.1. The highest BCUT2D eigenvalue weighted by Gasteiger charge is 2.37. The average Bonchev–Trinajstić information content (AvgIpc) is 3.20. The molecule has 154 valence electrons. The van der Waals surface area contributed by atoms with Gasteiger partial charge in [-0.1, -0.05) is 6.07 Å². The number of aliphatic hydroxyl groups excluding tert-OH is 1. The maximum absolute atomic E-state index is 12.9. The molecule has 2 saturated heterocycles. The Morgan fingerprint density at radius 3 is 2.64 bits per heavy atom. The predicted molar refractivity (Wildman–Crippen MR) is 105 cm³/mol. The minimum Gasteiger partial charge on any atom is -0.391 e. The monoisotopic (exact) mass is 410 g/mol. The van der Waals surface area contributed by atoms with Gasteiger partial charge >= 0.3 is 6.03 Å². The molecule has 0 bridgehead atoms. The van der Waals surface area contributed by atoms with Crippen LogP contribution in [0.15, 0.2) is 18.2 Å². The third-order valence-corrected chi connectivity index (χ3v) is 7.24. The Hall–Kier alpha value is -2.17. The van der Waals surface area contributed by atoms with Gasteiger partial charge in [0.05, 0.1) is 11.9 Å². The number of aliphatic hydroxyl groups is 1. The fourth-order valence-electron chi connectivity index (χ4n) is 3.52. The summed E-state index contributed by atoms with van der Waals surface area (Å²) in [5.74, 6) is -1.03. The topological polar surface area (TPSA) is 110 Å². The van der Waals surface area contributed by atoms with Crippen LogP contribution in [0, 0.1) is 12.8 Å². The van der Waals surface area contributed by atoms with Crippen molar-refractivity contribution >= 4 is 27.6 Å². The lowest BCUT2D eigenvalue weighted by Crippen LogP contribution is -2.33.